The number of carbonyl (C=O) groups is 1. The van der Waals surface area contributed by atoms with Crippen LogP contribution in [-0.4, -0.2) is 27.1 Å². The van der Waals surface area contributed by atoms with Crippen molar-refractivity contribution in [2.75, 3.05) is 7.05 Å². The van der Waals surface area contributed by atoms with Crippen molar-refractivity contribution in [3.63, 3.8) is 0 Å². The Balaban J connectivity index is 1.69. The number of hydrogen-bond acceptors (Lipinski definition) is 6. The maximum Gasteiger partial charge on any atom is 0.269 e. The fraction of sp³-hybridized carbons (Fsp3) is 0.111. The number of rotatable bonds is 5. The molecule has 8 heteroatoms. The summed E-state index contributed by atoms with van der Waals surface area (Å²) in [5.74, 6) is 0.529. The molecule has 0 N–H and O–H groups in total. The Morgan fingerprint density at radius 1 is 1.27 bits per heavy atom. The van der Waals surface area contributed by atoms with Gasteiger partial charge in [0.15, 0.2) is 0 Å². The van der Waals surface area contributed by atoms with Crippen LogP contribution >= 0.6 is 24.0 Å². The summed E-state index contributed by atoms with van der Waals surface area (Å²) in [4.78, 5) is 24.3. The summed E-state index contributed by atoms with van der Waals surface area (Å²) >= 11 is 6.39. The molecule has 3 rings (SSSR count). The van der Waals surface area contributed by atoms with E-state index in [-0.39, 0.29) is 11.6 Å². The monoisotopic (exact) mass is 386 g/mol. The highest BCUT2D eigenvalue weighted by Gasteiger charge is 2.28. The van der Waals surface area contributed by atoms with Crippen molar-refractivity contribution in [2.24, 2.45) is 0 Å². The third-order valence-corrected chi connectivity index (χ3v) is 5.18. The van der Waals surface area contributed by atoms with E-state index in [4.69, 9.17) is 17.0 Å². The molecule has 1 aliphatic heterocycles. The fourth-order valence-corrected chi connectivity index (χ4v) is 3.45. The van der Waals surface area contributed by atoms with Crippen LogP contribution in [-0.2, 0) is 11.4 Å². The Hall–Kier alpha value is -2.71. The Bertz CT molecular complexity index is 910. The molecule has 0 aliphatic carbocycles. The van der Waals surface area contributed by atoms with Crippen molar-refractivity contribution in [3.05, 3.63) is 74.7 Å². The average molecular weight is 386 g/mol. The van der Waals surface area contributed by atoms with E-state index in [1.807, 2.05) is 24.3 Å². The van der Waals surface area contributed by atoms with Gasteiger partial charge in [0.25, 0.3) is 11.6 Å². The van der Waals surface area contributed by atoms with Crippen molar-refractivity contribution in [2.45, 2.75) is 6.61 Å². The molecule has 26 heavy (non-hydrogen) atoms. The minimum atomic E-state index is -0.437. The first kappa shape index (κ1) is 18.1. The zero-order valence-corrected chi connectivity index (χ0v) is 15.4. The molecule has 2 aromatic carbocycles. The molecular formula is C18H14N2O4S2. The number of nitrogens with zero attached hydrogens (tertiary/aromatic N) is 2. The van der Waals surface area contributed by atoms with Crippen molar-refractivity contribution >= 4 is 46.0 Å². The molecule has 0 radical (unpaired) electrons. The van der Waals surface area contributed by atoms with E-state index >= 15 is 0 Å². The molecule has 1 aliphatic rings. The molecule has 2 aromatic rings. The second-order valence-corrected chi connectivity index (χ2v) is 7.20. The lowest BCUT2D eigenvalue weighted by Crippen LogP contribution is -2.22. The van der Waals surface area contributed by atoms with Gasteiger partial charge in [0.2, 0.25) is 0 Å². The summed E-state index contributed by atoms with van der Waals surface area (Å²) in [6, 6.07) is 13.6. The fourth-order valence-electron chi connectivity index (χ4n) is 2.27. The van der Waals surface area contributed by atoms with Crippen molar-refractivity contribution in [1.82, 2.24) is 4.90 Å². The number of thiocarbonyl (C=S) groups is 1. The predicted molar refractivity (Wildman–Crippen MR) is 105 cm³/mol. The highest BCUT2D eigenvalue weighted by Crippen LogP contribution is 2.31. The van der Waals surface area contributed by atoms with E-state index in [1.54, 1.807) is 25.3 Å². The number of benzene rings is 2. The normalized spacial score (nSPS) is 15.6. The van der Waals surface area contributed by atoms with Gasteiger partial charge in [-0.3, -0.25) is 19.8 Å². The maximum absolute atomic E-state index is 12.1. The van der Waals surface area contributed by atoms with E-state index < -0.39 is 4.92 Å². The number of ether oxygens (including phenoxy) is 1. The number of amides is 1. The Kier molecular flexibility index (Phi) is 5.34. The molecule has 1 amide bonds. The van der Waals surface area contributed by atoms with E-state index in [9.17, 15) is 14.9 Å². The van der Waals surface area contributed by atoms with E-state index in [0.29, 0.717) is 21.6 Å². The van der Waals surface area contributed by atoms with Gasteiger partial charge in [0.05, 0.1) is 9.83 Å². The van der Waals surface area contributed by atoms with Gasteiger partial charge in [-0.15, -0.1) is 0 Å². The van der Waals surface area contributed by atoms with Gasteiger partial charge < -0.3 is 4.74 Å². The van der Waals surface area contributed by atoms with E-state index in [1.165, 1.54) is 28.8 Å². The molecule has 0 saturated carbocycles. The van der Waals surface area contributed by atoms with Gasteiger partial charge in [0, 0.05) is 19.2 Å². The molecule has 1 fully saturated rings. The first-order valence-corrected chi connectivity index (χ1v) is 8.84. The van der Waals surface area contributed by atoms with Crippen LogP contribution in [0.1, 0.15) is 11.1 Å². The standard InChI is InChI=1S/C18H14N2O4S2/c1-19-17(21)16(26-18(19)25)10-13-3-2-4-15(9-13)24-11-12-5-7-14(8-6-12)20(22)23/h2-10H,11H2,1H3/b16-10-. The Morgan fingerprint density at radius 3 is 2.62 bits per heavy atom. The lowest BCUT2D eigenvalue weighted by atomic mass is 10.2. The first-order chi connectivity index (χ1) is 12.4. The molecule has 0 aromatic heterocycles. The zero-order chi connectivity index (χ0) is 18.7. The smallest absolute Gasteiger partial charge is 0.269 e. The summed E-state index contributed by atoms with van der Waals surface area (Å²) in [5, 5.41) is 10.7. The van der Waals surface area contributed by atoms with Crippen molar-refractivity contribution in [1.29, 1.82) is 0 Å². The third-order valence-electron chi connectivity index (χ3n) is 3.70. The van der Waals surface area contributed by atoms with Crippen LogP contribution in [0.3, 0.4) is 0 Å². The molecular weight excluding hydrogens is 372 g/mol. The summed E-state index contributed by atoms with van der Waals surface area (Å²) in [7, 11) is 1.65. The van der Waals surface area contributed by atoms with Gasteiger partial charge in [-0.1, -0.05) is 36.1 Å². The third kappa shape index (κ3) is 4.09. The molecule has 6 nitrogen and oxygen atoms in total. The summed E-state index contributed by atoms with van der Waals surface area (Å²) in [6.07, 6.45) is 1.78. The van der Waals surface area contributed by atoms with Gasteiger partial charge in [-0.05, 0) is 41.5 Å². The van der Waals surface area contributed by atoms with Gasteiger partial charge in [0.1, 0.15) is 16.7 Å². The molecule has 1 heterocycles. The van der Waals surface area contributed by atoms with Gasteiger partial charge >= 0.3 is 0 Å². The molecule has 0 atom stereocenters. The first-order valence-electron chi connectivity index (χ1n) is 7.62. The maximum atomic E-state index is 12.1. The Labute approximate surface area is 159 Å². The average Bonchev–Trinajstić information content (AvgIpc) is 2.87. The van der Waals surface area contributed by atoms with Crippen molar-refractivity contribution < 1.29 is 14.5 Å². The second kappa shape index (κ2) is 7.67. The van der Waals surface area contributed by atoms with Crippen LogP contribution in [0.15, 0.2) is 53.4 Å². The number of likely N-dealkylation sites (N-methyl/N-ethyl adjacent to an activating group) is 1. The molecule has 132 valence electrons. The van der Waals surface area contributed by atoms with E-state index in [2.05, 4.69) is 0 Å². The largest absolute Gasteiger partial charge is 0.489 e. The lowest BCUT2D eigenvalue weighted by Gasteiger charge is -2.07. The SMILES string of the molecule is CN1C(=O)/C(=C/c2cccc(OCc3ccc([N+](=O)[O-])cc3)c2)SC1=S. The Morgan fingerprint density at radius 2 is 2.00 bits per heavy atom. The van der Waals surface area contributed by atoms with Crippen LogP contribution in [0.4, 0.5) is 5.69 Å². The molecule has 0 bridgehead atoms. The minimum absolute atomic E-state index is 0.0454. The van der Waals surface area contributed by atoms with Crippen LogP contribution in [0.2, 0.25) is 0 Å². The van der Waals surface area contributed by atoms with Crippen LogP contribution in [0.5, 0.6) is 5.75 Å². The predicted octanol–water partition coefficient (Wildman–Crippen LogP) is 4.00. The van der Waals surface area contributed by atoms with Crippen LogP contribution in [0, 0.1) is 10.1 Å². The molecule has 0 unspecified atom stereocenters. The minimum Gasteiger partial charge on any atom is -0.489 e. The quantitative estimate of drug-likeness (QED) is 0.335. The second-order valence-electron chi connectivity index (χ2n) is 5.53. The number of non-ortho nitro benzene ring substituents is 1. The number of thioether (sulfide) groups is 1. The summed E-state index contributed by atoms with van der Waals surface area (Å²) < 4.78 is 6.27. The topological polar surface area (TPSA) is 72.7 Å². The highest BCUT2D eigenvalue weighted by atomic mass is 32.2. The highest BCUT2D eigenvalue weighted by molar-refractivity contribution is 8.26. The number of nitro groups is 1. The zero-order valence-electron chi connectivity index (χ0n) is 13.7. The van der Waals surface area contributed by atoms with E-state index in [0.717, 1.165) is 11.1 Å². The number of carbonyl (C=O) groups excluding carboxylic acids is 1. The lowest BCUT2D eigenvalue weighted by molar-refractivity contribution is -0.384. The molecule has 1 saturated heterocycles. The van der Waals surface area contributed by atoms with Crippen molar-refractivity contribution in [3.8, 4) is 5.75 Å². The summed E-state index contributed by atoms with van der Waals surface area (Å²) in [6.45, 7) is 0.290. The summed E-state index contributed by atoms with van der Waals surface area (Å²) in [5.41, 5.74) is 1.71. The molecule has 0 spiro atoms. The number of hydrogen-bond donors (Lipinski definition) is 0. The van der Waals surface area contributed by atoms with Gasteiger partial charge in [-0.2, -0.15) is 0 Å². The van der Waals surface area contributed by atoms with Crippen LogP contribution < -0.4 is 4.74 Å². The van der Waals surface area contributed by atoms with Crippen LogP contribution in [0.25, 0.3) is 6.08 Å². The number of nitro benzene ring substituents is 1. The van der Waals surface area contributed by atoms with Gasteiger partial charge in [-0.25, -0.2) is 0 Å².